The van der Waals surface area contributed by atoms with Gasteiger partial charge in [0.2, 0.25) is 0 Å². The first-order chi connectivity index (χ1) is 8.62. The fraction of sp³-hybridized carbons (Fsp3) is 0.500. The number of carbonyl (C=O) groups is 1. The highest BCUT2D eigenvalue weighted by Crippen LogP contribution is 2.25. The summed E-state index contributed by atoms with van der Waals surface area (Å²) in [6, 6.07) is 5.15. The molecule has 18 heavy (non-hydrogen) atoms. The minimum Gasteiger partial charge on any atom is -0.495 e. The SMILES string of the molecule is CCN(CC)CCC(=O)c1ccc(Cl)c(OC)c1. The molecular formula is C14H20ClNO2. The van der Waals surface area contributed by atoms with Crippen molar-refractivity contribution < 1.29 is 9.53 Å². The maximum absolute atomic E-state index is 12.0. The molecule has 0 radical (unpaired) electrons. The van der Waals surface area contributed by atoms with E-state index in [1.807, 2.05) is 0 Å². The molecule has 0 heterocycles. The summed E-state index contributed by atoms with van der Waals surface area (Å²) >= 11 is 5.93. The second kappa shape index (κ2) is 7.39. The van der Waals surface area contributed by atoms with Crippen LogP contribution in [0.5, 0.6) is 5.75 Å². The van der Waals surface area contributed by atoms with E-state index in [1.165, 1.54) is 0 Å². The monoisotopic (exact) mass is 269 g/mol. The third kappa shape index (κ3) is 4.00. The summed E-state index contributed by atoms with van der Waals surface area (Å²) in [5.41, 5.74) is 0.656. The standard InChI is InChI=1S/C14H20ClNO2/c1-4-16(5-2)9-8-13(17)11-6-7-12(15)14(10-11)18-3/h6-7,10H,4-5,8-9H2,1-3H3. The van der Waals surface area contributed by atoms with Gasteiger partial charge in [-0.05, 0) is 31.3 Å². The van der Waals surface area contributed by atoms with E-state index in [-0.39, 0.29) is 5.78 Å². The zero-order valence-corrected chi connectivity index (χ0v) is 12.0. The van der Waals surface area contributed by atoms with Crippen LogP contribution in [-0.2, 0) is 0 Å². The highest BCUT2D eigenvalue weighted by molar-refractivity contribution is 6.32. The normalized spacial score (nSPS) is 10.7. The van der Waals surface area contributed by atoms with Crippen LogP contribution >= 0.6 is 11.6 Å². The number of hydrogen-bond acceptors (Lipinski definition) is 3. The molecule has 3 nitrogen and oxygen atoms in total. The van der Waals surface area contributed by atoms with Gasteiger partial charge in [-0.2, -0.15) is 0 Å². The average Bonchev–Trinajstić information content (AvgIpc) is 2.40. The lowest BCUT2D eigenvalue weighted by Gasteiger charge is -2.17. The van der Waals surface area contributed by atoms with Gasteiger partial charge in [-0.1, -0.05) is 25.4 Å². The zero-order valence-electron chi connectivity index (χ0n) is 11.2. The minimum atomic E-state index is 0.122. The highest BCUT2D eigenvalue weighted by atomic mass is 35.5. The Labute approximate surface area is 114 Å². The quantitative estimate of drug-likeness (QED) is 0.712. The van der Waals surface area contributed by atoms with Gasteiger partial charge in [0.05, 0.1) is 12.1 Å². The third-order valence-corrected chi connectivity index (χ3v) is 3.33. The Morgan fingerprint density at radius 1 is 1.33 bits per heavy atom. The van der Waals surface area contributed by atoms with Gasteiger partial charge < -0.3 is 9.64 Å². The van der Waals surface area contributed by atoms with Crippen LogP contribution in [0.25, 0.3) is 0 Å². The van der Waals surface area contributed by atoms with Gasteiger partial charge >= 0.3 is 0 Å². The Kier molecular flexibility index (Phi) is 6.16. The van der Waals surface area contributed by atoms with Crippen LogP contribution in [0.2, 0.25) is 5.02 Å². The molecule has 0 unspecified atom stereocenters. The maximum atomic E-state index is 12.0. The number of carbonyl (C=O) groups excluding carboxylic acids is 1. The zero-order chi connectivity index (χ0) is 13.5. The molecule has 100 valence electrons. The van der Waals surface area contributed by atoms with Crippen molar-refractivity contribution in [3.63, 3.8) is 0 Å². The minimum absolute atomic E-state index is 0.122. The molecule has 4 heteroatoms. The highest BCUT2D eigenvalue weighted by Gasteiger charge is 2.10. The van der Waals surface area contributed by atoms with Crippen LogP contribution in [0.15, 0.2) is 18.2 Å². The Morgan fingerprint density at radius 2 is 2.00 bits per heavy atom. The van der Waals surface area contributed by atoms with Gasteiger partial charge in [-0.3, -0.25) is 4.79 Å². The van der Waals surface area contributed by atoms with Gasteiger partial charge in [0.25, 0.3) is 0 Å². The molecule has 1 rings (SSSR count). The number of benzene rings is 1. The lowest BCUT2D eigenvalue weighted by Crippen LogP contribution is -2.25. The number of hydrogen-bond donors (Lipinski definition) is 0. The summed E-state index contributed by atoms with van der Waals surface area (Å²) in [5, 5.41) is 0.526. The third-order valence-electron chi connectivity index (χ3n) is 3.02. The molecule has 1 aromatic carbocycles. The van der Waals surface area contributed by atoms with Gasteiger partial charge in [-0.15, -0.1) is 0 Å². The van der Waals surface area contributed by atoms with E-state index in [1.54, 1.807) is 25.3 Å². The number of methoxy groups -OCH3 is 1. The molecule has 1 aromatic rings. The lowest BCUT2D eigenvalue weighted by molar-refractivity contribution is 0.0966. The molecule has 0 aliphatic carbocycles. The molecule has 0 amide bonds. The first-order valence-electron chi connectivity index (χ1n) is 6.21. The molecule has 0 spiro atoms. The second-order valence-corrected chi connectivity index (χ2v) is 4.46. The molecule has 0 aliphatic rings. The van der Waals surface area contributed by atoms with Crippen LogP contribution < -0.4 is 4.74 Å². The van der Waals surface area contributed by atoms with Crippen molar-refractivity contribution in [2.75, 3.05) is 26.7 Å². The van der Waals surface area contributed by atoms with Crippen LogP contribution in [0, 0.1) is 0 Å². The van der Waals surface area contributed by atoms with Gasteiger partial charge in [0.1, 0.15) is 5.75 Å². The van der Waals surface area contributed by atoms with E-state index in [4.69, 9.17) is 16.3 Å². The first-order valence-corrected chi connectivity index (χ1v) is 6.59. The Morgan fingerprint density at radius 3 is 2.56 bits per heavy atom. The van der Waals surface area contributed by atoms with Crippen LogP contribution in [0.1, 0.15) is 30.6 Å². The van der Waals surface area contributed by atoms with Crippen molar-refractivity contribution in [2.45, 2.75) is 20.3 Å². The molecule has 0 atom stereocenters. The van der Waals surface area contributed by atoms with E-state index < -0.39 is 0 Å². The molecular weight excluding hydrogens is 250 g/mol. The van der Waals surface area contributed by atoms with Crippen molar-refractivity contribution >= 4 is 17.4 Å². The number of rotatable bonds is 7. The predicted octanol–water partition coefficient (Wildman–Crippen LogP) is 3.26. The molecule has 0 bridgehead atoms. The number of halogens is 1. The topological polar surface area (TPSA) is 29.5 Å². The average molecular weight is 270 g/mol. The number of Topliss-reactive ketones (excluding diaryl/α,β-unsaturated/α-hetero) is 1. The summed E-state index contributed by atoms with van der Waals surface area (Å²) in [5.74, 6) is 0.669. The second-order valence-electron chi connectivity index (χ2n) is 4.05. The van der Waals surface area contributed by atoms with E-state index in [0.29, 0.717) is 22.8 Å². The van der Waals surface area contributed by atoms with E-state index in [0.717, 1.165) is 19.6 Å². The summed E-state index contributed by atoms with van der Waals surface area (Å²) in [7, 11) is 1.55. The first kappa shape index (κ1) is 15.0. The molecule has 0 aliphatic heterocycles. The Balaban J connectivity index is 2.67. The van der Waals surface area contributed by atoms with Crippen LogP contribution in [0.3, 0.4) is 0 Å². The Hall–Kier alpha value is -1.06. The molecule has 0 saturated heterocycles. The fourth-order valence-electron chi connectivity index (χ4n) is 1.78. The van der Waals surface area contributed by atoms with Crippen molar-refractivity contribution in [2.24, 2.45) is 0 Å². The summed E-state index contributed by atoms with van der Waals surface area (Å²) in [6.07, 6.45) is 0.520. The van der Waals surface area contributed by atoms with Crippen molar-refractivity contribution in [1.29, 1.82) is 0 Å². The van der Waals surface area contributed by atoms with Crippen molar-refractivity contribution in [3.05, 3.63) is 28.8 Å². The smallest absolute Gasteiger partial charge is 0.164 e. The van der Waals surface area contributed by atoms with E-state index in [2.05, 4.69) is 18.7 Å². The molecule has 0 N–H and O–H groups in total. The number of nitrogens with zero attached hydrogens (tertiary/aromatic N) is 1. The molecule has 0 aromatic heterocycles. The van der Waals surface area contributed by atoms with Gasteiger partial charge in [-0.25, -0.2) is 0 Å². The molecule has 0 saturated carbocycles. The van der Waals surface area contributed by atoms with E-state index >= 15 is 0 Å². The Bertz CT molecular complexity index is 403. The number of ether oxygens (including phenoxy) is 1. The summed E-state index contributed by atoms with van der Waals surface area (Å²) in [6.45, 7) is 6.91. The lowest BCUT2D eigenvalue weighted by atomic mass is 10.1. The van der Waals surface area contributed by atoms with Gasteiger partial charge in [0, 0.05) is 18.5 Å². The van der Waals surface area contributed by atoms with Crippen LogP contribution in [-0.4, -0.2) is 37.4 Å². The largest absolute Gasteiger partial charge is 0.495 e. The van der Waals surface area contributed by atoms with Crippen molar-refractivity contribution in [3.8, 4) is 5.75 Å². The predicted molar refractivity (Wildman–Crippen MR) is 74.7 cm³/mol. The van der Waals surface area contributed by atoms with Gasteiger partial charge in [0.15, 0.2) is 5.78 Å². The fourth-order valence-corrected chi connectivity index (χ4v) is 1.97. The van der Waals surface area contributed by atoms with Crippen LogP contribution in [0.4, 0.5) is 0 Å². The summed E-state index contributed by atoms with van der Waals surface area (Å²) in [4.78, 5) is 14.3. The number of ketones is 1. The van der Waals surface area contributed by atoms with Crippen molar-refractivity contribution in [1.82, 2.24) is 4.90 Å². The van der Waals surface area contributed by atoms with E-state index in [9.17, 15) is 4.79 Å². The molecule has 0 fully saturated rings. The maximum Gasteiger partial charge on any atom is 0.164 e. The summed E-state index contributed by atoms with van der Waals surface area (Å²) < 4.78 is 5.11.